The summed E-state index contributed by atoms with van der Waals surface area (Å²) < 4.78 is 7.61. The summed E-state index contributed by atoms with van der Waals surface area (Å²) >= 11 is 0. The second kappa shape index (κ2) is 4.63. The zero-order valence-electron chi connectivity index (χ0n) is 9.54. The zero-order chi connectivity index (χ0) is 11.5. The molecule has 3 rings (SSSR count). The van der Waals surface area contributed by atoms with Gasteiger partial charge in [-0.15, -0.1) is 10.2 Å². The quantitative estimate of drug-likeness (QED) is 0.767. The van der Waals surface area contributed by atoms with Crippen molar-refractivity contribution < 1.29 is 4.74 Å². The van der Waals surface area contributed by atoms with Crippen LogP contribution in [0.3, 0.4) is 0 Å². The molecule has 1 aliphatic heterocycles. The average molecular weight is 230 g/mol. The van der Waals surface area contributed by atoms with Crippen LogP contribution in [0.15, 0.2) is 24.5 Å². The van der Waals surface area contributed by atoms with Crippen LogP contribution < -0.4 is 0 Å². The third-order valence-corrected chi connectivity index (χ3v) is 2.92. The molecule has 0 N–H and O–H groups in total. The van der Waals surface area contributed by atoms with Gasteiger partial charge in [-0.25, -0.2) is 0 Å². The second-order valence-electron chi connectivity index (χ2n) is 4.08. The van der Waals surface area contributed by atoms with E-state index in [9.17, 15) is 0 Å². The molecule has 0 bridgehead atoms. The lowest BCUT2D eigenvalue weighted by molar-refractivity contribution is 0.139. The Morgan fingerprint density at radius 2 is 2.29 bits per heavy atom. The molecule has 3 heterocycles. The molecule has 5 nitrogen and oxygen atoms in total. The molecule has 0 aliphatic carbocycles. The minimum Gasteiger partial charge on any atom is -0.379 e. The van der Waals surface area contributed by atoms with Crippen LogP contribution >= 0.6 is 0 Å². The molecule has 0 saturated carbocycles. The predicted octanol–water partition coefficient (Wildman–Crippen LogP) is 0.837. The van der Waals surface area contributed by atoms with Crippen LogP contribution in [0.4, 0.5) is 0 Å². The van der Waals surface area contributed by atoms with Gasteiger partial charge in [0.2, 0.25) is 0 Å². The first-order valence-corrected chi connectivity index (χ1v) is 5.81. The maximum absolute atomic E-state index is 5.44. The van der Waals surface area contributed by atoms with Gasteiger partial charge in [-0.1, -0.05) is 6.07 Å². The van der Waals surface area contributed by atoms with Gasteiger partial charge >= 0.3 is 0 Å². The number of fused-ring (bicyclic) bond motifs is 1. The molecule has 0 aromatic carbocycles. The fourth-order valence-corrected chi connectivity index (χ4v) is 2.05. The van der Waals surface area contributed by atoms with E-state index in [0.717, 1.165) is 49.8 Å². The summed E-state index contributed by atoms with van der Waals surface area (Å²) in [4.78, 5) is 4.11. The highest BCUT2D eigenvalue weighted by molar-refractivity contribution is 5.15. The van der Waals surface area contributed by atoms with Gasteiger partial charge in [-0.2, -0.15) is 0 Å². The van der Waals surface area contributed by atoms with Gasteiger partial charge in [0.05, 0.1) is 13.2 Å². The molecule has 1 aliphatic rings. The van der Waals surface area contributed by atoms with Crippen molar-refractivity contribution in [1.29, 1.82) is 0 Å². The molecule has 0 saturated heterocycles. The number of ether oxygens (including phenoxy) is 1. The van der Waals surface area contributed by atoms with E-state index in [-0.39, 0.29) is 0 Å². The van der Waals surface area contributed by atoms with Gasteiger partial charge in [0.25, 0.3) is 0 Å². The number of aromatic nitrogens is 4. The third-order valence-electron chi connectivity index (χ3n) is 2.92. The summed E-state index contributed by atoms with van der Waals surface area (Å²) in [6.45, 7) is 2.33. The third kappa shape index (κ3) is 2.19. The molecule has 88 valence electrons. The molecular weight excluding hydrogens is 216 g/mol. The van der Waals surface area contributed by atoms with Crippen molar-refractivity contribution >= 4 is 0 Å². The standard InChI is InChI=1S/C12H14N4O/c1-2-10(9-13-4-1)8-12-15-14-11-3-6-17-7-5-16(11)12/h1-2,4,9H,3,5-8H2. The van der Waals surface area contributed by atoms with Crippen molar-refractivity contribution in [2.24, 2.45) is 0 Å². The summed E-state index contributed by atoms with van der Waals surface area (Å²) in [6, 6.07) is 4.00. The maximum atomic E-state index is 5.44. The molecule has 5 heteroatoms. The number of hydrogen-bond acceptors (Lipinski definition) is 4. The van der Waals surface area contributed by atoms with E-state index in [4.69, 9.17) is 4.74 Å². The zero-order valence-corrected chi connectivity index (χ0v) is 9.54. The van der Waals surface area contributed by atoms with Crippen LogP contribution in [0.1, 0.15) is 17.2 Å². The van der Waals surface area contributed by atoms with Crippen molar-refractivity contribution in [1.82, 2.24) is 19.7 Å². The Balaban J connectivity index is 1.86. The molecule has 17 heavy (non-hydrogen) atoms. The minimum absolute atomic E-state index is 0.741. The van der Waals surface area contributed by atoms with Gasteiger partial charge in [-0.3, -0.25) is 4.98 Å². The summed E-state index contributed by atoms with van der Waals surface area (Å²) in [5.41, 5.74) is 1.16. The van der Waals surface area contributed by atoms with Crippen molar-refractivity contribution in [2.75, 3.05) is 13.2 Å². The Kier molecular flexibility index (Phi) is 2.83. The summed E-state index contributed by atoms with van der Waals surface area (Å²) in [6.07, 6.45) is 5.28. The van der Waals surface area contributed by atoms with Gasteiger partial charge < -0.3 is 9.30 Å². The lowest BCUT2D eigenvalue weighted by Crippen LogP contribution is -2.09. The van der Waals surface area contributed by atoms with Crippen molar-refractivity contribution in [2.45, 2.75) is 19.4 Å². The minimum atomic E-state index is 0.741. The van der Waals surface area contributed by atoms with Gasteiger partial charge in [0.15, 0.2) is 0 Å². The predicted molar refractivity (Wildman–Crippen MR) is 61.6 cm³/mol. The molecule has 2 aromatic heterocycles. The van der Waals surface area contributed by atoms with E-state index in [0.29, 0.717) is 0 Å². The van der Waals surface area contributed by atoms with E-state index in [1.54, 1.807) is 6.20 Å². The van der Waals surface area contributed by atoms with Gasteiger partial charge in [-0.05, 0) is 11.6 Å². The van der Waals surface area contributed by atoms with Crippen LogP contribution in [0.25, 0.3) is 0 Å². The van der Waals surface area contributed by atoms with Crippen LogP contribution in [0.5, 0.6) is 0 Å². The van der Waals surface area contributed by atoms with E-state index in [1.165, 1.54) is 0 Å². The van der Waals surface area contributed by atoms with E-state index in [2.05, 4.69) is 25.8 Å². The molecule has 0 amide bonds. The lowest BCUT2D eigenvalue weighted by Gasteiger charge is -2.05. The van der Waals surface area contributed by atoms with Crippen molar-refractivity contribution in [3.8, 4) is 0 Å². The number of nitrogens with zero attached hydrogens (tertiary/aromatic N) is 4. The second-order valence-corrected chi connectivity index (χ2v) is 4.08. The highest BCUT2D eigenvalue weighted by Crippen LogP contribution is 2.11. The maximum Gasteiger partial charge on any atom is 0.137 e. The van der Waals surface area contributed by atoms with E-state index >= 15 is 0 Å². The molecule has 0 spiro atoms. The topological polar surface area (TPSA) is 52.8 Å². The molecular formula is C12H14N4O. The molecule has 0 radical (unpaired) electrons. The van der Waals surface area contributed by atoms with Gasteiger partial charge in [0, 0.05) is 31.8 Å². The first kappa shape index (κ1) is 10.4. The Morgan fingerprint density at radius 1 is 1.29 bits per heavy atom. The molecule has 0 fully saturated rings. The first-order chi connectivity index (χ1) is 8.43. The summed E-state index contributed by atoms with van der Waals surface area (Å²) in [7, 11) is 0. The Bertz CT molecular complexity index is 494. The van der Waals surface area contributed by atoms with Crippen LogP contribution in [-0.2, 0) is 24.1 Å². The molecule has 0 unspecified atom stereocenters. The van der Waals surface area contributed by atoms with Gasteiger partial charge in [0.1, 0.15) is 11.6 Å². The Labute approximate surface area is 99.5 Å². The molecule has 2 aromatic rings. The van der Waals surface area contributed by atoms with Crippen LogP contribution in [0.2, 0.25) is 0 Å². The normalized spacial score (nSPS) is 15.3. The summed E-state index contributed by atoms with van der Waals surface area (Å²) in [5, 5.41) is 8.49. The van der Waals surface area contributed by atoms with Crippen LogP contribution in [0, 0.1) is 0 Å². The average Bonchev–Trinajstić information content (AvgIpc) is 2.61. The van der Waals surface area contributed by atoms with Crippen LogP contribution in [-0.4, -0.2) is 33.0 Å². The van der Waals surface area contributed by atoms with Crippen molar-refractivity contribution in [3.05, 3.63) is 41.7 Å². The van der Waals surface area contributed by atoms with E-state index < -0.39 is 0 Å². The number of pyridine rings is 1. The first-order valence-electron chi connectivity index (χ1n) is 5.81. The fraction of sp³-hybridized carbons (Fsp3) is 0.417. The monoisotopic (exact) mass is 230 g/mol. The number of rotatable bonds is 2. The smallest absolute Gasteiger partial charge is 0.137 e. The van der Waals surface area contributed by atoms with Crippen molar-refractivity contribution in [3.63, 3.8) is 0 Å². The highest BCUT2D eigenvalue weighted by atomic mass is 16.5. The summed E-state index contributed by atoms with van der Waals surface area (Å²) in [5.74, 6) is 2.03. The number of hydrogen-bond donors (Lipinski definition) is 0. The SMILES string of the molecule is c1cncc(Cc2nnc3n2CCOCC3)c1. The fourth-order valence-electron chi connectivity index (χ4n) is 2.05. The molecule has 0 atom stereocenters. The Morgan fingerprint density at radius 3 is 3.18 bits per heavy atom. The largest absolute Gasteiger partial charge is 0.379 e. The highest BCUT2D eigenvalue weighted by Gasteiger charge is 2.14. The lowest BCUT2D eigenvalue weighted by atomic mass is 10.2. The Hall–Kier alpha value is -1.75. The van der Waals surface area contributed by atoms with E-state index in [1.807, 2.05) is 12.3 Å².